The molecule has 0 aliphatic rings. The summed E-state index contributed by atoms with van der Waals surface area (Å²) in [5.41, 5.74) is 2.48. The lowest BCUT2D eigenvalue weighted by Gasteiger charge is -2.11. The monoisotopic (exact) mass is 381 g/mol. The Morgan fingerprint density at radius 3 is 2.32 bits per heavy atom. The standard InChI is InChI=1S/C18H23NO4S2/c1-13-5-6-15(11-14(13)2)24-10-9-19-25(20,21)16-7-8-17(22-3)18(12-16)23-4/h5-8,11-12,19H,9-10H2,1-4H3. The number of hydrogen-bond acceptors (Lipinski definition) is 5. The maximum atomic E-state index is 12.4. The SMILES string of the molecule is COc1ccc(S(=O)(=O)NCCSc2ccc(C)c(C)c2)cc1OC. The van der Waals surface area contributed by atoms with Crippen LogP contribution >= 0.6 is 11.8 Å². The summed E-state index contributed by atoms with van der Waals surface area (Å²) in [6.07, 6.45) is 0. The molecular weight excluding hydrogens is 358 g/mol. The van der Waals surface area contributed by atoms with Crippen molar-refractivity contribution in [2.24, 2.45) is 0 Å². The number of thioether (sulfide) groups is 1. The van der Waals surface area contributed by atoms with Gasteiger partial charge in [0.2, 0.25) is 10.0 Å². The fourth-order valence-corrected chi connectivity index (χ4v) is 4.26. The van der Waals surface area contributed by atoms with Crippen molar-refractivity contribution in [2.45, 2.75) is 23.6 Å². The predicted molar refractivity (Wildman–Crippen MR) is 101 cm³/mol. The van der Waals surface area contributed by atoms with Gasteiger partial charge in [-0.1, -0.05) is 6.07 Å². The number of ether oxygens (including phenoxy) is 2. The molecule has 7 heteroatoms. The Bertz CT molecular complexity index is 835. The van der Waals surface area contributed by atoms with Crippen LogP contribution in [0.15, 0.2) is 46.2 Å². The third-order valence-electron chi connectivity index (χ3n) is 3.81. The fraction of sp³-hybridized carbons (Fsp3) is 0.333. The highest BCUT2D eigenvalue weighted by Crippen LogP contribution is 2.29. The molecule has 0 spiro atoms. The predicted octanol–water partition coefficient (Wildman–Crippen LogP) is 3.39. The highest BCUT2D eigenvalue weighted by Gasteiger charge is 2.16. The van der Waals surface area contributed by atoms with Crippen LogP contribution in [0.4, 0.5) is 0 Å². The lowest BCUT2D eigenvalue weighted by Crippen LogP contribution is -2.26. The summed E-state index contributed by atoms with van der Waals surface area (Å²) in [5.74, 6) is 1.52. The molecule has 2 aromatic rings. The average Bonchev–Trinajstić information content (AvgIpc) is 2.61. The highest BCUT2D eigenvalue weighted by molar-refractivity contribution is 7.99. The summed E-state index contributed by atoms with van der Waals surface area (Å²) in [5, 5.41) is 0. The van der Waals surface area contributed by atoms with Crippen LogP contribution in [-0.4, -0.2) is 34.9 Å². The Balaban J connectivity index is 1.96. The van der Waals surface area contributed by atoms with E-state index >= 15 is 0 Å². The zero-order chi connectivity index (χ0) is 18.4. The van der Waals surface area contributed by atoms with E-state index in [0.717, 1.165) is 4.90 Å². The number of sulfonamides is 1. The Labute approximate surface area is 153 Å². The van der Waals surface area contributed by atoms with Gasteiger partial charge in [0.15, 0.2) is 11.5 Å². The lowest BCUT2D eigenvalue weighted by molar-refractivity contribution is 0.354. The van der Waals surface area contributed by atoms with Gasteiger partial charge in [-0.05, 0) is 49.2 Å². The van der Waals surface area contributed by atoms with Crippen molar-refractivity contribution in [2.75, 3.05) is 26.5 Å². The maximum Gasteiger partial charge on any atom is 0.240 e. The summed E-state index contributed by atoms with van der Waals surface area (Å²) >= 11 is 1.62. The summed E-state index contributed by atoms with van der Waals surface area (Å²) in [7, 11) is -0.604. The molecule has 2 rings (SSSR count). The van der Waals surface area contributed by atoms with E-state index in [9.17, 15) is 8.42 Å². The second kappa shape index (κ2) is 8.60. The van der Waals surface area contributed by atoms with E-state index in [4.69, 9.17) is 9.47 Å². The molecule has 5 nitrogen and oxygen atoms in total. The second-order valence-electron chi connectivity index (χ2n) is 5.51. The van der Waals surface area contributed by atoms with Gasteiger partial charge in [-0.15, -0.1) is 11.8 Å². The Hall–Kier alpha value is -1.70. The maximum absolute atomic E-state index is 12.4. The van der Waals surface area contributed by atoms with Gasteiger partial charge < -0.3 is 9.47 Å². The van der Waals surface area contributed by atoms with Crippen molar-refractivity contribution >= 4 is 21.8 Å². The van der Waals surface area contributed by atoms with Gasteiger partial charge in [0.1, 0.15) is 0 Å². The van der Waals surface area contributed by atoms with Crippen LogP contribution < -0.4 is 14.2 Å². The molecule has 0 aromatic heterocycles. The van der Waals surface area contributed by atoms with E-state index in [0.29, 0.717) is 23.8 Å². The molecule has 0 amide bonds. The van der Waals surface area contributed by atoms with E-state index in [1.165, 1.54) is 37.5 Å². The molecule has 0 heterocycles. The van der Waals surface area contributed by atoms with Crippen molar-refractivity contribution < 1.29 is 17.9 Å². The van der Waals surface area contributed by atoms with Crippen molar-refractivity contribution in [1.29, 1.82) is 0 Å². The first-order valence-electron chi connectivity index (χ1n) is 7.79. The molecule has 0 aliphatic heterocycles. The van der Waals surface area contributed by atoms with Gasteiger partial charge in [-0.25, -0.2) is 13.1 Å². The van der Waals surface area contributed by atoms with E-state index in [1.807, 2.05) is 0 Å². The zero-order valence-electron chi connectivity index (χ0n) is 14.8. The van der Waals surface area contributed by atoms with Crippen LogP contribution in [0.5, 0.6) is 11.5 Å². The Morgan fingerprint density at radius 2 is 1.68 bits per heavy atom. The van der Waals surface area contributed by atoms with E-state index < -0.39 is 10.0 Å². The van der Waals surface area contributed by atoms with Crippen LogP contribution in [0, 0.1) is 13.8 Å². The van der Waals surface area contributed by atoms with Crippen LogP contribution in [0.25, 0.3) is 0 Å². The third kappa shape index (κ3) is 5.14. The minimum atomic E-state index is -3.59. The summed E-state index contributed by atoms with van der Waals surface area (Å²) in [6, 6.07) is 10.8. The Morgan fingerprint density at radius 1 is 0.960 bits per heavy atom. The second-order valence-corrected chi connectivity index (χ2v) is 8.44. The number of methoxy groups -OCH3 is 2. The fourth-order valence-electron chi connectivity index (χ4n) is 2.22. The quantitative estimate of drug-likeness (QED) is 0.561. The lowest BCUT2D eigenvalue weighted by atomic mass is 10.1. The topological polar surface area (TPSA) is 64.6 Å². The third-order valence-corrected chi connectivity index (χ3v) is 6.26. The first-order chi connectivity index (χ1) is 11.9. The minimum absolute atomic E-state index is 0.154. The van der Waals surface area contributed by atoms with E-state index in [1.54, 1.807) is 17.8 Å². The molecular formula is C18H23NO4S2. The largest absolute Gasteiger partial charge is 0.493 e. The van der Waals surface area contributed by atoms with Gasteiger partial charge in [-0.3, -0.25) is 0 Å². The molecule has 0 saturated heterocycles. The van der Waals surface area contributed by atoms with Crippen molar-refractivity contribution in [1.82, 2.24) is 4.72 Å². The first-order valence-corrected chi connectivity index (χ1v) is 10.3. The molecule has 0 unspecified atom stereocenters. The van der Waals surface area contributed by atoms with Gasteiger partial charge in [0.25, 0.3) is 0 Å². The number of aryl methyl sites for hydroxylation is 2. The number of hydrogen-bond donors (Lipinski definition) is 1. The minimum Gasteiger partial charge on any atom is -0.493 e. The first kappa shape index (κ1) is 19.6. The van der Waals surface area contributed by atoms with Crippen molar-refractivity contribution in [3.05, 3.63) is 47.5 Å². The van der Waals surface area contributed by atoms with Crippen molar-refractivity contribution in [3.8, 4) is 11.5 Å². The van der Waals surface area contributed by atoms with Gasteiger partial charge in [0.05, 0.1) is 19.1 Å². The van der Waals surface area contributed by atoms with E-state index in [2.05, 4.69) is 36.8 Å². The van der Waals surface area contributed by atoms with Crippen LogP contribution in [0.2, 0.25) is 0 Å². The molecule has 0 bridgehead atoms. The van der Waals surface area contributed by atoms with Crippen LogP contribution in [0.1, 0.15) is 11.1 Å². The van der Waals surface area contributed by atoms with Gasteiger partial charge >= 0.3 is 0 Å². The number of rotatable bonds is 8. The number of nitrogens with one attached hydrogen (secondary N) is 1. The molecule has 2 aromatic carbocycles. The van der Waals surface area contributed by atoms with Gasteiger partial charge in [-0.2, -0.15) is 0 Å². The molecule has 136 valence electrons. The molecule has 0 aliphatic carbocycles. The highest BCUT2D eigenvalue weighted by atomic mass is 32.2. The molecule has 0 fully saturated rings. The number of benzene rings is 2. The summed E-state index contributed by atoms with van der Waals surface area (Å²) in [4.78, 5) is 1.29. The molecule has 0 saturated carbocycles. The van der Waals surface area contributed by atoms with E-state index in [-0.39, 0.29) is 4.90 Å². The molecule has 0 radical (unpaired) electrons. The molecule has 25 heavy (non-hydrogen) atoms. The normalized spacial score (nSPS) is 11.4. The Kier molecular flexibility index (Phi) is 6.75. The van der Waals surface area contributed by atoms with Crippen LogP contribution in [0.3, 0.4) is 0 Å². The molecule has 1 N–H and O–H groups in total. The molecule has 0 atom stereocenters. The smallest absolute Gasteiger partial charge is 0.240 e. The zero-order valence-corrected chi connectivity index (χ0v) is 16.5. The summed E-state index contributed by atoms with van der Waals surface area (Å²) < 4.78 is 37.7. The van der Waals surface area contributed by atoms with Crippen molar-refractivity contribution in [3.63, 3.8) is 0 Å². The summed E-state index contributed by atoms with van der Waals surface area (Å²) in [6.45, 7) is 4.48. The van der Waals surface area contributed by atoms with Crippen LogP contribution in [-0.2, 0) is 10.0 Å². The van der Waals surface area contributed by atoms with Gasteiger partial charge in [0, 0.05) is 23.3 Å². The average molecular weight is 382 g/mol.